The first-order valence-corrected chi connectivity index (χ1v) is 11.3. The van der Waals surface area contributed by atoms with E-state index in [2.05, 4.69) is 28.3 Å². The molecule has 9 heteroatoms. The van der Waals surface area contributed by atoms with E-state index in [1.807, 2.05) is 13.0 Å². The zero-order chi connectivity index (χ0) is 26.9. The van der Waals surface area contributed by atoms with Crippen molar-refractivity contribution in [1.29, 1.82) is 5.26 Å². The monoisotopic (exact) mass is 502 g/mol. The van der Waals surface area contributed by atoms with Crippen LogP contribution in [0.4, 0.5) is 14.5 Å². The number of nitriles is 1. The molecular weight excluding hydrogens is 478 g/mol. The smallest absolute Gasteiger partial charge is 0.305 e. The Morgan fingerprint density at radius 1 is 1.16 bits per heavy atom. The number of rotatable bonds is 10. The van der Waals surface area contributed by atoms with E-state index in [9.17, 15) is 23.6 Å². The third-order valence-electron chi connectivity index (χ3n) is 5.54. The van der Waals surface area contributed by atoms with E-state index in [1.165, 1.54) is 12.3 Å². The summed E-state index contributed by atoms with van der Waals surface area (Å²) in [4.78, 5) is 26.8. The van der Waals surface area contributed by atoms with E-state index >= 15 is 0 Å². The van der Waals surface area contributed by atoms with E-state index in [-0.39, 0.29) is 25.2 Å². The summed E-state index contributed by atoms with van der Waals surface area (Å²) in [5, 5.41) is 23.8. The second kappa shape index (κ2) is 12.2. The second-order valence-corrected chi connectivity index (χ2v) is 7.93. The fourth-order valence-electron chi connectivity index (χ4n) is 3.64. The maximum atomic E-state index is 14.1. The van der Waals surface area contributed by atoms with Gasteiger partial charge in [-0.15, -0.1) is 0 Å². The summed E-state index contributed by atoms with van der Waals surface area (Å²) in [5.41, 5.74) is 3.91. The number of hydrogen-bond donors (Lipinski definition) is 3. The number of hydrogen-bond acceptors (Lipinski definition) is 5. The number of anilines is 1. The average Bonchev–Trinajstić information content (AvgIpc) is 2.90. The van der Waals surface area contributed by atoms with Crippen LogP contribution in [0.25, 0.3) is 16.7 Å². The summed E-state index contributed by atoms with van der Waals surface area (Å²) >= 11 is 0. The molecule has 0 aliphatic heterocycles. The van der Waals surface area contributed by atoms with E-state index in [1.54, 1.807) is 30.3 Å². The van der Waals surface area contributed by atoms with Gasteiger partial charge >= 0.3 is 5.97 Å². The Labute approximate surface area is 212 Å². The molecule has 3 N–H and O–H groups in total. The highest BCUT2D eigenvalue weighted by Gasteiger charge is 2.14. The molecule has 0 bridgehead atoms. The maximum absolute atomic E-state index is 14.1. The number of carboxylic acids is 1. The van der Waals surface area contributed by atoms with Crippen LogP contribution in [0, 0.1) is 23.0 Å². The van der Waals surface area contributed by atoms with Crippen molar-refractivity contribution in [3.05, 3.63) is 101 Å². The number of halogens is 2. The number of allylic oxidation sites excluding steroid dienone is 3. The van der Waals surface area contributed by atoms with Crippen LogP contribution >= 0.6 is 0 Å². The molecule has 0 fully saturated rings. The van der Waals surface area contributed by atoms with Gasteiger partial charge in [-0.05, 0) is 59.5 Å². The molecule has 0 aliphatic rings. The number of carbonyl (C=O) groups is 2. The highest BCUT2D eigenvalue weighted by Crippen LogP contribution is 2.28. The first-order chi connectivity index (χ1) is 17.8. The van der Waals surface area contributed by atoms with Crippen LogP contribution in [-0.2, 0) is 11.3 Å². The van der Waals surface area contributed by atoms with Gasteiger partial charge in [-0.3, -0.25) is 14.6 Å². The van der Waals surface area contributed by atoms with Crippen LogP contribution < -0.4 is 10.6 Å². The van der Waals surface area contributed by atoms with Crippen LogP contribution in [0.1, 0.15) is 40.5 Å². The summed E-state index contributed by atoms with van der Waals surface area (Å²) in [5.74, 6) is -3.63. The molecule has 0 spiro atoms. The van der Waals surface area contributed by atoms with E-state index < -0.39 is 23.5 Å². The molecule has 37 heavy (non-hydrogen) atoms. The number of carboxylic acid groups (broad SMARTS) is 1. The molecule has 0 saturated carbocycles. The predicted molar refractivity (Wildman–Crippen MR) is 137 cm³/mol. The van der Waals surface area contributed by atoms with Crippen molar-refractivity contribution in [2.45, 2.75) is 19.9 Å². The lowest BCUT2D eigenvalue weighted by molar-refractivity contribution is -0.136. The Balaban J connectivity index is 1.84. The van der Waals surface area contributed by atoms with Crippen LogP contribution in [0.3, 0.4) is 0 Å². The van der Waals surface area contributed by atoms with Crippen molar-refractivity contribution in [3.63, 3.8) is 0 Å². The minimum Gasteiger partial charge on any atom is -0.481 e. The lowest BCUT2D eigenvalue weighted by atomic mass is 9.98. The van der Waals surface area contributed by atoms with Crippen molar-refractivity contribution in [2.75, 3.05) is 11.9 Å². The number of nitrogens with one attached hydrogen (secondary N) is 2. The Morgan fingerprint density at radius 3 is 2.54 bits per heavy atom. The summed E-state index contributed by atoms with van der Waals surface area (Å²) in [6.07, 6.45) is 4.65. The third-order valence-corrected chi connectivity index (χ3v) is 5.54. The average molecular weight is 503 g/mol. The number of aromatic nitrogens is 1. The van der Waals surface area contributed by atoms with Crippen LogP contribution in [0.15, 0.2) is 67.4 Å². The molecule has 0 aliphatic carbocycles. The van der Waals surface area contributed by atoms with E-state index in [4.69, 9.17) is 5.11 Å². The molecule has 3 rings (SSSR count). The van der Waals surface area contributed by atoms with Gasteiger partial charge in [-0.25, -0.2) is 8.78 Å². The van der Waals surface area contributed by atoms with Crippen molar-refractivity contribution in [1.82, 2.24) is 10.3 Å². The molecule has 0 radical (unpaired) electrons. The summed E-state index contributed by atoms with van der Waals surface area (Å²) in [6, 6.07) is 12.5. The Morgan fingerprint density at radius 2 is 1.92 bits per heavy atom. The van der Waals surface area contributed by atoms with Gasteiger partial charge in [0.2, 0.25) is 0 Å². The predicted octanol–water partition coefficient (Wildman–Crippen LogP) is 5.30. The fraction of sp³-hybridized carbons (Fsp3) is 0.143. The van der Waals surface area contributed by atoms with E-state index in [0.717, 1.165) is 23.3 Å². The largest absolute Gasteiger partial charge is 0.481 e. The lowest BCUT2D eigenvalue weighted by Crippen LogP contribution is -2.26. The van der Waals surface area contributed by atoms with Gasteiger partial charge in [-0.1, -0.05) is 30.9 Å². The minimum atomic E-state index is -1.04. The van der Waals surface area contributed by atoms with Crippen LogP contribution in [0.5, 0.6) is 0 Å². The van der Waals surface area contributed by atoms with Crippen molar-refractivity contribution >= 4 is 23.1 Å². The fourth-order valence-corrected chi connectivity index (χ4v) is 3.64. The molecule has 3 aromatic rings. The first-order valence-electron chi connectivity index (χ1n) is 11.3. The van der Waals surface area contributed by atoms with Gasteiger partial charge < -0.3 is 15.7 Å². The standard InChI is InChI=1S/C28H24F2N4O3/c1-3-17(4-2)22-7-6-21(11-19(22)14-31)33-16-20-12-24(29)25(30)13-23(20)18-5-8-26(34-15-18)28(37)32-10-9-27(35)36/h3-8,11-13,15,33H,1,9-10,16H2,2H3,(H,32,37)(H,35,36). The molecule has 0 atom stereocenters. The summed E-state index contributed by atoms with van der Waals surface area (Å²) in [7, 11) is 0. The number of nitrogens with zero attached hydrogens (tertiary/aromatic N) is 2. The number of benzene rings is 2. The summed E-state index contributed by atoms with van der Waals surface area (Å²) in [6.45, 7) is 5.68. The highest BCUT2D eigenvalue weighted by atomic mass is 19.2. The third kappa shape index (κ3) is 6.64. The zero-order valence-corrected chi connectivity index (χ0v) is 20.0. The molecule has 2 aromatic carbocycles. The van der Waals surface area contributed by atoms with Gasteiger partial charge in [-0.2, -0.15) is 5.26 Å². The Bertz CT molecular complexity index is 1410. The minimum absolute atomic E-state index is 0.0469. The van der Waals surface area contributed by atoms with Crippen LogP contribution in [0.2, 0.25) is 0 Å². The second-order valence-electron chi connectivity index (χ2n) is 7.93. The highest BCUT2D eigenvalue weighted by molar-refractivity contribution is 5.92. The number of carbonyl (C=O) groups excluding carboxylic acids is 1. The first kappa shape index (κ1) is 26.8. The number of aliphatic carboxylic acids is 1. The number of amides is 1. The molecule has 188 valence electrons. The SMILES string of the molecule is C=CC(=CC)c1ccc(NCc2cc(F)c(F)cc2-c2ccc(C(=O)NCCC(=O)O)nc2)cc1C#N. The molecular formula is C28H24F2N4O3. The van der Waals surface area contributed by atoms with Crippen molar-refractivity contribution < 1.29 is 23.5 Å². The van der Waals surface area contributed by atoms with Gasteiger partial charge in [0.1, 0.15) is 5.69 Å². The topological polar surface area (TPSA) is 115 Å². The quantitative estimate of drug-likeness (QED) is 0.324. The molecule has 1 heterocycles. The molecule has 0 saturated heterocycles. The molecule has 7 nitrogen and oxygen atoms in total. The zero-order valence-electron chi connectivity index (χ0n) is 20.0. The van der Waals surface area contributed by atoms with Gasteiger partial charge in [0.25, 0.3) is 5.91 Å². The molecule has 1 aromatic heterocycles. The van der Waals surface area contributed by atoms with E-state index in [0.29, 0.717) is 27.9 Å². The maximum Gasteiger partial charge on any atom is 0.305 e. The normalized spacial score (nSPS) is 10.9. The Kier molecular flexibility index (Phi) is 8.84. The Hall–Kier alpha value is -4.84. The van der Waals surface area contributed by atoms with Crippen molar-refractivity contribution in [2.24, 2.45) is 0 Å². The van der Waals surface area contributed by atoms with Crippen LogP contribution in [-0.4, -0.2) is 28.5 Å². The van der Waals surface area contributed by atoms with Crippen molar-refractivity contribution in [3.8, 4) is 17.2 Å². The van der Waals surface area contributed by atoms with Gasteiger partial charge in [0.05, 0.1) is 18.1 Å². The van der Waals surface area contributed by atoms with Gasteiger partial charge in [0, 0.05) is 30.5 Å². The van der Waals surface area contributed by atoms with Gasteiger partial charge in [0.15, 0.2) is 11.6 Å². The molecule has 0 unspecified atom stereocenters. The molecule has 1 amide bonds. The lowest BCUT2D eigenvalue weighted by Gasteiger charge is -2.14. The number of pyridine rings is 1. The summed E-state index contributed by atoms with van der Waals surface area (Å²) < 4.78 is 28.2.